The van der Waals surface area contributed by atoms with Crippen LogP contribution in [-0.4, -0.2) is 13.2 Å². The first kappa shape index (κ1) is 3.88. The van der Waals surface area contributed by atoms with Gasteiger partial charge in [0.2, 0.25) is 0 Å². The average molecular weight is 84.1 g/mol. The maximum Gasteiger partial charge on any atom is 0.0647 e. The number of rotatable bonds is 0. The van der Waals surface area contributed by atoms with E-state index in [0.29, 0.717) is 0 Å². The number of hydrogen-bond acceptors (Lipinski definition) is 1. The zero-order chi connectivity index (χ0) is 4.24. The van der Waals surface area contributed by atoms with E-state index in [1.165, 1.54) is 0 Å². The molecule has 1 aliphatic rings. The van der Waals surface area contributed by atoms with E-state index in [4.69, 9.17) is 4.74 Å². The van der Waals surface area contributed by atoms with Crippen LogP contribution in [0, 0.1) is 0 Å². The quantitative estimate of drug-likeness (QED) is 0.397. The lowest BCUT2D eigenvalue weighted by Crippen LogP contribution is -1.96. The molecule has 1 nitrogen and oxygen atoms in total. The molecule has 0 aromatic carbocycles. The van der Waals surface area contributed by atoms with Gasteiger partial charge in [-0.25, -0.2) is 0 Å². The Kier molecular flexibility index (Phi) is 1.28. The lowest BCUT2D eigenvalue weighted by Gasteiger charge is -2.00. The van der Waals surface area contributed by atoms with Crippen molar-refractivity contribution in [2.24, 2.45) is 0 Å². The third-order valence-electron chi connectivity index (χ3n) is 0.810. The summed E-state index contributed by atoms with van der Waals surface area (Å²) in [6, 6.07) is 0. The monoisotopic (exact) mass is 84.1 g/mol. The van der Waals surface area contributed by atoms with Gasteiger partial charge < -0.3 is 4.74 Å². The second-order valence-corrected chi connectivity index (χ2v) is 1.33. The molecule has 1 heterocycles. The van der Waals surface area contributed by atoms with Crippen LogP contribution >= 0.6 is 0 Å². The molecule has 0 saturated carbocycles. The van der Waals surface area contributed by atoms with Crippen LogP contribution in [-0.2, 0) is 4.74 Å². The minimum Gasteiger partial charge on any atom is -0.377 e. The normalized spacial score (nSPS) is 21.3. The Morgan fingerprint density at radius 2 is 2.33 bits per heavy atom. The summed E-state index contributed by atoms with van der Waals surface area (Å²) < 4.78 is 4.98. The largest absolute Gasteiger partial charge is 0.377 e. The van der Waals surface area contributed by atoms with E-state index in [-0.39, 0.29) is 0 Å². The van der Waals surface area contributed by atoms with Gasteiger partial charge in [0.05, 0.1) is 13.2 Å². The molecule has 0 aromatic rings. The minimum absolute atomic E-state index is 0.819. The maximum absolute atomic E-state index is 4.98. The van der Waals surface area contributed by atoms with Crippen LogP contribution in [0.3, 0.4) is 0 Å². The first-order chi connectivity index (χ1) is 3.00. The molecule has 1 aliphatic heterocycles. The molecule has 0 radical (unpaired) electrons. The topological polar surface area (TPSA) is 9.23 Å². The standard InChI is InChI=1S/C5H8O/c1-2-4-6-5-3-1/h1-2H,3-5H2. The van der Waals surface area contributed by atoms with Crippen molar-refractivity contribution in [2.45, 2.75) is 6.42 Å². The number of ether oxygens (including phenoxy) is 1. The second kappa shape index (κ2) is 1.98. The Hall–Kier alpha value is -0.300. The third kappa shape index (κ3) is 0.830. The van der Waals surface area contributed by atoms with Gasteiger partial charge in [-0.3, -0.25) is 0 Å². The van der Waals surface area contributed by atoms with Crippen molar-refractivity contribution in [3.63, 3.8) is 0 Å². The number of hydrogen-bond donors (Lipinski definition) is 0. The fourth-order valence-corrected chi connectivity index (χ4v) is 0.489. The van der Waals surface area contributed by atoms with E-state index in [1.807, 2.05) is 6.08 Å². The highest BCUT2D eigenvalue weighted by Gasteiger charge is 1.85. The smallest absolute Gasteiger partial charge is 0.0647 e. The zero-order valence-corrected chi connectivity index (χ0v) is 3.68. The van der Waals surface area contributed by atoms with Crippen molar-refractivity contribution in [2.75, 3.05) is 13.2 Å². The fourth-order valence-electron chi connectivity index (χ4n) is 0.489. The van der Waals surface area contributed by atoms with E-state index < -0.39 is 0 Å². The third-order valence-corrected chi connectivity index (χ3v) is 0.810. The molecule has 0 amide bonds. The molecule has 0 spiro atoms. The summed E-state index contributed by atoms with van der Waals surface area (Å²) in [4.78, 5) is 0. The van der Waals surface area contributed by atoms with Crippen molar-refractivity contribution in [1.29, 1.82) is 0 Å². The lowest BCUT2D eigenvalue weighted by atomic mass is 10.3. The highest BCUT2D eigenvalue weighted by Crippen LogP contribution is 1.91. The lowest BCUT2D eigenvalue weighted by molar-refractivity contribution is 0.158. The van der Waals surface area contributed by atoms with Gasteiger partial charge in [0.25, 0.3) is 0 Å². The van der Waals surface area contributed by atoms with Crippen LogP contribution in [0.1, 0.15) is 6.42 Å². The first-order valence-corrected chi connectivity index (χ1v) is 2.23. The average Bonchev–Trinajstić information content (AvgIpc) is 1.72. The molecule has 0 bridgehead atoms. The van der Waals surface area contributed by atoms with E-state index >= 15 is 0 Å². The van der Waals surface area contributed by atoms with Gasteiger partial charge >= 0.3 is 0 Å². The highest BCUT2D eigenvalue weighted by molar-refractivity contribution is 4.84. The summed E-state index contributed by atoms with van der Waals surface area (Å²) in [6.45, 7) is 1.73. The Morgan fingerprint density at radius 1 is 1.33 bits per heavy atom. The van der Waals surface area contributed by atoms with Gasteiger partial charge in [0, 0.05) is 0 Å². The summed E-state index contributed by atoms with van der Waals surface area (Å²) >= 11 is 0. The molecule has 1 heteroatoms. The van der Waals surface area contributed by atoms with Gasteiger partial charge in [0.1, 0.15) is 0 Å². The van der Waals surface area contributed by atoms with E-state index in [0.717, 1.165) is 19.6 Å². The van der Waals surface area contributed by atoms with Crippen LogP contribution < -0.4 is 0 Å². The van der Waals surface area contributed by atoms with Crippen LogP contribution in [0.15, 0.2) is 12.2 Å². The molecule has 0 N–H and O–H groups in total. The van der Waals surface area contributed by atoms with E-state index in [9.17, 15) is 0 Å². The summed E-state index contributed by atoms with van der Waals surface area (Å²) in [5, 5.41) is 0. The highest BCUT2D eigenvalue weighted by atomic mass is 16.5. The van der Waals surface area contributed by atoms with Gasteiger partial charge in [-0.2, -0.15) is 0 Å². The molecular formula is C5H8O. The van der Waals surface area contributed by atoms with Gasteiger partial charge in [-0.05, 0) is 6.42 Å². The van der Waals surface area contributed by atoms with Gasteiger partial charge in [0.15, 0.2) is 0 Å². The van der Waals surface area contributed by atoms with Crippen molar-refractivity contribution in [3.8, 4) is 0 Å². The van der Waals surface area contributed by atoms with E-state index in [1.54, 1.807) is 0 Å². The van der Waals surface area contributed by atoms with Crippen molar-refractivity contribution in [1.82, 2.24) is 0 Å². The SMILES string of the molecule is C1=CCOCC1. The first-order valence-electron chi connectivity index (χ1n) is 2.23. The minimum atomic E-state index is 0.819. The zero-order valence-electron chi connectivity index (χ0n) is 3.68. The maximum atomic E-state index is 4.98. The molecular weight excluding hydrogens is 76.1 g/mol. The summed E-state index contributed by atoms with van der Waals surface area (Å²) in [6.07, 6.45) is 5.28. The molecule has 34 valence electrons. The molecule has 0 unspecified atom stereocenters. The van der Waals surface area contributed by atoms with Crippen LogP contribution in [0.4, 0.5) is 0 Å². The molecule has 0 saturated heterocycles. The predicted octanol–water partition coefficient (Wildman–Crippen LogP) is 0.963. The van der Waals surface area contributed by atoms with Gasteiger partial charge in [-0.15, -0.1) is 0 Å². The van der Waals surface area contributed by atoms with Crippen LogP contribution in [0.5, 0.6) is 0 Å². The van der Waals surface area contributed by atoms with Crippen LogP contribution in [0.2, 0.25) is 0 Å². The second-order valence-electron chi connectivity index (χ2n) is 1.33. The molecule has 6 heavy (non-hydrogen) atoms. The van der Waals surface area contributed by atoms with Crippen molar-refractivity contribution < 1.29 is 4.74 Å². The van der Waals surface area contributed by atoms with Gasteiger partial charge in [-0.1, -0.05) is 12.2 Å². The molecule has 0 aliphatic carbocycles. The summed E-state index contributed by atoms with van der Waals surface area (Å²) in [5.74, 6) is 0. The Bertz CT molecular complexity index is 49.0. The Labute approximate surface area is 37.6 Å². The Morgan fingerprint density at radius 3 is 2.50 bits per heavy atom. The fraction of sp³-hybridized carbons (Fsp3) is 0.600. The summed E-state index contributed by atoms with van der Waals surface area (Å²) in [7, 11) is 0. The van der Waals surface area contributed by atoms with Crippen molar-refractivity contribution in [3.05, 3.63) is 12.2 Å². The van der Waals surface area contributed by atoms with E-state index in [2.05, 4.69) is 6.08 Å². The molecule has 1 rings (SSSR count). The molecule has 0 fully saturated rings. The van der Waals surface area contributed by atoms with Crippen molar-refractivity contribution >= 4 is 0 Å². The molecule has 0 atom stereocenters. The molecule has 0 aromatic heterocycles. The summed E-state index contributed by atoms with van der Waals surface area (Å²) in [5.41, 5.74) is 0. The predicted molar refractivity (Wildman–Crippen MR) is 24.6 cm³/mol. The van der Waals surface area contributed by atoms with Crippen LogP contribution in [0.25, 0.3) is 0 Å². The Balaban J connectivity index is 2.26.